The fourth-order valence-corrected chi connectivity index (χ4v) is 2.33. The van der Waals surface area contributed by atoms with Gasteiger partial charge in [0.2, 0.25) is 5.91 Å². The number of amides is 2. The minimum atomic E-state index is -0.538. The van der Waals surface area contributed by atoms with Crippen LogP contribution in [-0.2, 0) is 18.3 Å². The smallest absolute Gasteiger partial charge is 0.251 e. The van der Waals surface area contributed by atoms with Crippen molar-refractivity contribution in [2.75, 3.05) is 6.54 Å². The molecule has 23 heavy (non-hydrogen) atoms. The number of halogens is 1. The lowest BCUT2D eigenvalue weighted by Gasteiger charge is -2.14. The molecule has 1 aromatic heterocycles. The fourth-order valence-electron chi connectivity index (χ4n) is 2.33. The van der Waals surface area contributed by atoms with E-state index in [1.54, 1.807) is 31.0 Å². The molecule has 0 aliphatic carbocycles. The van der Waals surface area contributed by atoms with Crippen LogP contribution in [0.3, 0.4) is 0 Å². The maximum atomic E-state index is 13.1. The molecule has 1 heterocycles. The summed E-state index contributed by atoms with van der Waals surface area (Å²) in [5.74, 6) is -1.79. The first kappa shape index (κ1) is 16.7. The molecule has 1 aromatic carbocycles. The van der Waals surface area contributed by atoms with Gasteiger partial charge in [0.1, 0.15) is 5.82 Å². The van der Waals surface area contributed by atoms with Gasteiger partial charge in [0.15, 0.2) is 0 Å². The Morgan fingerprint density at radius 3 is 2.74 bits per heavy atom. The molecular formula is C16H19FN4O2. The first-order valence-electron chi connectivity index (χ1n) is 7.18. The Labute approximate surface area is 133 Å². The third-order valence-electron chi connectivity index (χ3n) is 3.58. The summed E-state index contributed by atoms with van der Waals surface area (Å²) in [5.41, 5.74) is 7.17. The van der Waals surface area contributed by atoms with Crippen molar-refractivity contribution in [1.82, 2.24) is 15.1 Å². The van der Waals surface area contributed by atoms with Gasteiger partial charge in [0.25, 0.3) is 5.91 Å². The summed E-state index contributed by atoms with van der Waals surface area (Å²) < 4.78 is 14.7. The number of hydrogen-bond donors (Lipinski definition) is 2. The van der Waals surface area contributed by atoms with Gasteiger partial charge in [0, 0.05) is 25.4 Å². The molecule has 2 aromatic rings. The molecule has 0 saturated heterocycles. The molecule has 0 fully saturated rings. The average molecular weight is 318 g/mol. The number of carbonyl (C=O) groups is 2. The molecule has 7 heteroatoms. The number of nitrogens with zero attached hydrogens (tertiary/aromatic N) is 2. The SMILES string of the molecule is Cc1cc(F)ccc1C(=O)NCC(Cc1cnn(C)c1)C(N)=O. The van der Waals surface area contributed by atoms with Gasteiger partial charge in [-0.3, -0.25) is 14.3 Å². The van der Waals surface area contributed by atoms with Crippen molar-refractivity contribution >= 4 is 11.8 Å². The molecule has 0 bridgehead atoms. The van der Waals surface area contributed by atoms with Crippen molar-refractivity contribution in [3.05, 3.63) is 53.1 Å². The summed E-state index contributed by atoms with van der Waals surface area (Å²) >= 11 is 0. The summed E-state index contributed by atoms with van der Waals surface area (Å²) in [6, 6.07) is 3.93. The fraction of sp³-hybridized carbons (Fsp3) is 0.312. The molecule has 0 radical (unpaired) electrons. The van der Waals surface area contributed by atoms with Gasteiger partial charge < -0.3 is 11.1 Å². The van der Waals surface area contributed by atoms with E-state index in [-0.39, 0.29) is 12.5 Å². The van der Waals surface area contributed by atoms with Gasteiger partial charge in [-0.25, -0.2) is 4.39 Å². The van der Waals surface area contributed by atoms with Gasteiger partial charge in [-0.05, 0) is 42.7 Å². The lowest BCUT2D eigenvalue weighted by molar-refractivity contribution is -0.121. The van der Waals surface area contributed by atoms with Gasteiger partial charge in [-0.15, -0.1) is 0 Å². The van der Waals surface area contributed by atoms with Crippen LogP contribution in [0.5, 0.6) is 0 Å². The van der Waals surface area contributed by atoms with E-state index in [0.717, 1.165) is 5.56 Å². The largest absolute Gasteiger partial charge is 0.369 e. The molecule has 1 unspecified atom stereocenters. The zero-order chi connectivity index (χ0) is 17.0. The Bertz CT molecular complexity index is 727. The van der Waals surface area contributed by atoms with E-state index in [1.165, 1.54) is 18.2 Å². The molecule has 0 saturated carbocycles. The van der Waals surface area contributed by atoms with Crippen LogP contribution in [0.2, 0.25) is 0 Å². The lowest BCUT2D eigenvalue weighted by atomic mass is 10.0. The third kappa shape index (κ3) is 4.38. The normalized spacial score (nSPS) is 12.0. The zero-order valence-electron chi connectivity index (χ0n) is 13.0. The number of hydrogen-bond acceptors (Lipinski definition) is 3. The summed E-state index contributed by atoms with van der Waals surface area (Å²) in [7, 11) is 1.78. The van der Waals surface area contributed by atoms with Crippen LogP contribution in [0, 0.1) is 18.7 Å². The van der Waals surface area contributed by atoms with Crippen molar-refractivity contribution in [2.24, 2.45) is 18.7 Å². The van der Waals surface area contributed by atoms with Crippen molar-refractivity contribution in [2.45, 2.75) is 13.3 Å². The Morgan fingerprint density at radius 2 is 2.17 bits per heavy atom. The van der Waals surface area contributed by atoms with Crippen LogP contribution in [0.1, 0.15) is 21.5 Å². The summed E-state index contributed by atoms with van der Waals surface area (Å²) in [5, 5.41) is 6.71. The van der Waals surface area contributed by atoms with Crippen LogP contribution in [-0.4, -0.2) is 28.1 Å². The number of rotatable bonds is 6. The van der Waals surface area contributed by atoms with E-state index in [9.17, 15) is 14.0 Å². The van der Waals surface area contributed by atoms with Crippen LogP contribution in [0.25, 0.3) is 0 Å². The minimum Gasteiger partial charge on any atom is -0.369 e. The van der Waals surface area contributed by atoms with Gasteiger partial charge in [-0.1, -0.05) is 0 Å². The van der Waals surface area contributed by atoms with Crippen LogP contribution in [0.4, 0.5) is 4.39 Å². The van der Waals surface area contributed by atoms with E-state index in [2.05, 4.69) is 10.4 Å². The first-order valence-corrected chi connectivity index (χ1v) is 7.18. The monoisotopic (exact) mass is 318 g/mol. The highest BCUT2D eigenvalue weighted by Crippen LogP contribution is 2.11. The van der Waals surface area contributed by atoms with E-state index in [1.807, 2.05) is 0 Å². The standard InChI is InChI=1S/C16H19FN4O2/c1-10-5-13(17)3-4-14(10)16(23)19-8-12(15(18)22)6-11-7-20-21(2)9-11/h3-5,7,9,12H,6,8H2,1-2H3,(H2,18,22)(H,19,23). The second kappa shape index (κ2) is 7.04. The molecule has 0 spiro atoms. The predicted octanol–water partition coefficient (Wildman–Crippen LogP) is 0.942. The first-order chi connectivity index (χ1) is 10.9. The quantitative estimate of drug-likeness (QED) is 0.830. The Balaban J connectivity index is 2.00. The molecule has 3 N–H and O–H groups in total. The van der Waals surface area contributed by atoms with E-state index in [0.29, 0.717) is 17.5 Å². The highest BCUT2D eigenvalue weighted by Gasteiger charge is 2.19. The summed E-state index contributed by atoms with van der Waals surface area (Å²) in [6.45, 7) is 1.76. The third-order valence-corrected chi connectivity index (χ3v) is 3.58. The zero-order valence-corrected chi connectivity index (χ0v) is 13.0. The number of benzene rings is 1. The molecule has 0 aliphatic rings. The summed E-state index contributed by atoms with van der Waals surface area (Å²) in [6.07, 6.45) is 3.84. The Kier molecular flexibility index (Phi) is 5.10. The second-order valence-corrected chi connectivity index (χ2v) is 5.49. The van der Waals surface area contributed by atoms with Crippen LogP contribution in [0.15, 0.2) is 30.6 Å². The molecular weight excluding hydrogens is 299 g/mol. The van der Waals surface area contributed by atoms with Crippen molar-refractivity contribution in [1.29, 1.82) is 0 Å². The van der Waals surface area contributed by atoms with Gasteiger partial charge in [-0.2, -0.15) is 5.10 Å². The summed E-state index contributed by atoms with van der Waals surface area (Å²) in [4.78, 5) is 23.7. The van der Waals surface area contributed by atoms with E-state index >= 15 is 0 Å². The van der Waals surface area contributed by atoms with Gasteiger partial charge >= 0.3 is 0 Å². The molecule has 2 amide bonds. The van der Waals surface area contributed by atoms with Crippen molar-refractivity contribution in [3.8, 4) is 0 Å². The van der Waals surface area contributed by atoms with Crippen molar-refractivity contribution < 1.29 is 14.0 Å². The molecule has 6 nitrogen and oxygen atoms in total. The van der Waals surface area contributed by atoms with Gasteiger partial charge in [0.05, 0.1) is 12.1 Å². The number of carbonyl (C=O) groups excluding carboxylic acids is 2. The topological polar surface area (TPSA) is 90.0 Å². The average Bonchev–Trinajstić information content (AvgIpc) is 2.88. The maximum Gasteiger partial charge on any atom is 0.251 e. The van der Waals surface area contributed by atoms with E-state index < -0.39 is 17.6 Å². The highest BCUT2D eigenvalue weighted by molar-refractivity contribution is 5.95. The Hall–Kier alpha value is -2.70. The van der Waals surface area contributed by atoms with Crippen molar-refractivity contribution in [3.63, 3.8) is 0 Å². The number of primary amides is 1. The number of nitrogens with two attached hydrogens (primary N) is 1. The second-order valence-electron chi connectivity index (χ2n) is 5.49. The van der Waals surface area contributed by atoms with E-state index in [4.69, 9.17) is 5.73 Å². The number of aryl methyl sites for hydroxylation is 2. The highest BCUT2D eigenvalue weighted by atomic mass is 19.1. The lowest BCUT2D eigenvalue weighted by Crippen LogP contribution is -2.37. The number of nitrogens with one attached hydrogen (secondary N) is 1. The molecule has 122 valence electrons. The molecule has 0 aliphatic heterocycles. The Morgan fingerprint density at radius 1 is 1.43 bits per heavy atom. The maximum absolute atomic E-state index is 13.1. The predicted molar refractivity (Wildman–Crippen MR) is 83.1 cm³/mol. The molecule has 1 atom stereocenters. The number of aromatic nitrogens is 2. The molecule has 2 rings (SSSR count). The van der Waals surface area contributed by atoms with Crippen LogP contribution >= 0.6 is 0 Å². The minimum absolute atomic E-state index is 0.111. The van der Waals surface area contributed by atoms with Crippen LogP contribution < -0.4 is 11.1 Å².